The van der Waals surface area contributed by atoms with Gasteiger partial charge in [0.15, 0.2) is 0 Å². The van der Waals surface area contributed by atoms with Gasteiger partial charge in [0.05, 0.1) is 24.5 Å². The van der Waals surface area contributed by atoms with E-state index in [0.717, 1.165) is 22.4 Å². The number of pyridine rings is 1. The first-order valence-electron chi connectivity index (χ1n) is 6.71. The number of aryl methyl sites for hydroxylation is 1. The standard InChI is InChI=1S/C16H14ClN3O2/c1-8-4-5-11(22-3)9(2)13(8)15-14-10(6-12(17)20-15)16(21)19-7-18-14/h4-7H,1-3H3,(H,18,19,21). The van der Waals surface area contributed by atoms with Crippen LogP contribution in [0.2, 0.25) is 5.15 Å². The Hall–Kier alpha value is -2.40. The molecular weight excluding hydrogens is 302 g/mol. The van der Waals surface area contributed by atoms with Crippen LogP contribution < -0.4 is 10.3 Å². The summed E-state index contributed by atoms with van der Waals surface area (Å²) in [4.78, 5) is 23.2. The monoisotopic (exact) mass is 315 g/mol. The topological polar surface area (TPSA) is 67.9 Å². The predicted molar refractivity (Wildman–Crippen MR) is 86.6 cm³/mol. The lowest BCUT2D eigenvalue weighted by Gasteiger charge is -2.14. The number of aromatic amines is 1. The van der Waals surface area contributed by atoms with Crippen molar-refractivity contribution in [1.82, 2.24) is 15.0 Å². The third kappa shape index (κ3) is 2.23. The number of H-pyrrole nitrogens is 1. The summed E-state index contributed by atoms with van der Waals surface area (Å²) < 4.78 is 5.38. The van der Waals surface area contributed by atoms with Gasteiger partial charge in [-0.1, -0.05) is 17.7 Å². The summed E-state index contributed by atoms with van der Waals surface area (Å²) in [6.07, 6.45) is 1.37. The number of methoxy groups -OCH3 is 1. The van der Waals surface area contributed by atoms with Crippen LogP contribution in [-0.2, 0) is 0 Å². The number of benzene rings is 1. The molecule has 0 aliphatic rings. The number of fused-ring (bicyclic) bond motifs is 1. The molecule has 0 saturated heterocycles. The van der Waals surface area contributed by atoms with Gasteiger partial charge in [0.25, 0.3) is 5.56 Å². The highest BCUT2D eigenvalue weighted by atomic mass is 35.5. The smallest absolute Gasteiger partial charge is 0.258 e. The molecule has 6 heteroatoms. The Kier molecular flexibility index (Phi) is 3.58. The Morgan fingerprint density at radius 2 is 2.05 bits per heavy atom. The fraction of sp³-hybridized carbons (Fsp3) is 0.188. The van der Waals surface area contributed by atoms with Gasteiger partial charge in [0, 0.05) is 11.1 Å². The fourth-order valence-electron chi connectivity index (χ4n) is 2.63. The SMILES string of the molecule is COc1ccc(C)c(-c2nc(Cl)cc3c(=O)[nH]cnc23)c1C. The van der Waals surface area contributed by atoms with Crippen LogP contribution in [0.25, 0.3) is 22.2 Å². The first kappa shape index (κ1) is 14.5. The van der Waals surface area contributed by atoms with Crippen molar-refractivity contribution in [2.75, 3.05) is 7.11 Å². The van der Waals surface area contributed by atoms with E-state index in [1.165, 1.54) is 12.4 Å². The van der Waals surface area contributed by atoms with E-state index in [1.807, 2.05) is 26.0 Å². The Morgan fingerprint density at radius 3 is 2.77 bits per heavy atom. The summed E-state index contributed by atoms with van der Waals surface area (Å²) in [6, 6.07) is 5.38. The molecule has 2 aromatic heterocycles. The van der Waals surface area contributed by atoms with Crippen molar-refractivity contribution in [3.63, 3.8) is 0 Å². The van der Waals surface area contributed by atoms with Crippen molar-refractivity contribution < 1.29 is 4.74 Å². The highest BCUT2D eigenvalue weighted by Gasteiger charge is 2.17. The summed E-state index contributed by atoms with van der Waals surface area (Å²) in [5, 5.41) is 0.668. The van der Waals surface area contributed by atoms with E-state index < -0.39 is 0 Å². The maximum absolute atomic E-state index is 12.0. The summed E-state index contributed by atoms with van der Waals surface area (Å²) in [5.74, 6) is 0.750. The molecule has 0 unspecified atom stereocenters. The van der Waals surface area contributed by atoms with Gasteiger partial charge >= 0.3 is 0 Å². The number of nitrogens with one attached hydrogen (secondary N) is 1. The molecule has 0 aliphatic heterocycles. The van der Waals surface area contributed by atoms with Gasteiger partial charge in [-0.25, -0.2) is 9.97 Å². The van der Waals surface area contributed by atoms with Crippen molar-refractivity contribution in [2.24, 2.45) is 0 Å². The highest BCUT2D eigenvalue weighted by molar-refractivity contribution is 6.30. The zero-order valence-electron chi connectivity index (χ0n) is 12.4. The predicted octanol–water partition coefficient (Wildman–Crippen LogP) is 3.26. The first-order valence-corrected chi connectivity index (χ1v) is 7.09. The molecule has 1 N–H and O–H groups in total. The Morgan fingerprint density at radius 1 is 1.27 bits per heavy atom. The molecule has 0 atom stereocenters. The second kappa shape index (κ2) is 5.42. The largest absolute Gasteiger partial charge is 0.496 e. The first-order chi connectivity index (χ1) is 10.5. The minimum atomic E-state index is -0.242. The number of aromatic nitrogens is 3. The zero-order chi connectivity index (χ0) is 15.9. The number of hydrogen-bond acceptors (Lipinski definition) is 4. The van der Waals surface area contributed by atoms with Crippen LogP contribution in [0.3, 0.4) is 0 Å². The van der Waals surface area contributed by atoms with Crippen molar-refractivity contribution in [3.8, 4) is 17.0 Å². The van der Waals surface area contributed by atoms with E-state index in [1.54, 1.807) is 7.11 Å². The van der Waals surface area contributed by atoms with Gasteiger partial charge in [-0.15, -0.1) is 0 Å². The molecule has 5 nitrogen and oxygen atoms in total. The maximum Gasteiger partial charge on any atom is 0.258 e. The van der Waals surface area contributed by atoms with E-state index in [9.17, 15) is 4.79 Å². The zero-order valence-corrected chi connectivity index (χ0v) is 13.2. The third-order valence-corrected chi connectivity index (χ3v) is 3.87. The molecule has 0 aliphatic carbocycles. The molecular formula is C16H14ClN3O2. The fourth-order valence-corrected chi connectivity index (χ4v) is 2.83. The quantitative estimate of drug-likeness (QED) is 0.737. The van der Waals surface area contributed by atoms with Crippen LogP contribution in [0.5, 0.6) is 5.75 Å². The Balaban J connectivity index is 2.46. The molecule has 0 fully saturated rings. The Labute approximate surface area is 132 Å². The molecule has 0 amide bonds. The number of halogens is 1. The molecule has 0 spiro atoms. The number of hydrogen-bond donors (Lipinski definition) is 1. The number of rotatable bonds is 2. The lowest BCUT2D eigenvalue weighted by molar-refractivity contribution is 0.412. The average Bonchev–Trinajstić information content (AvgIpc) is 2.48. The number of ether oxygens (including phenoxy) is 1. The molecule has 2 heterocycles. The molecule has 1 aromatic carbocycles. The Bertz CT molecular complexity index is 935. The van der Waals surface area contributed by atoms with Crippen LogP contribution in [0.15, 0.2) is 29.3 Å². The molecule has 0 saturated carbocycles. The molecule has 112 valence electrons. The van der Waals surface area contributed by atoms with E-state index in [-0.39, 0.29) is 10.7 Å². The van der Waals surface area contributed by atoms with Crippen LogP contribution in [0.4, 0.5) is 0 Å². The van der Waals surface area contributed by atoms with Crippen molar-refractivity contribution in [2.45, 2.75) is 13.8 Å². The van der Waals surface area contributed by atoms with Gasteiger partial charge in [-0.2, -0.15) is 0 Å². The number of nitrogens with zero attached hydrogens (tertiary/aromatic N) is 2. The molecule has 0 radical (unpaired) electrons. The molecule has 22 heavy (non-hydrogen) atoms. The molecule has 0 bridgehead atoms. The van der Waals surface area contributed by atoms with Gasteiger partial charge in [-0.3, -0.25) is 4.79 Å². The van der Waals surface area contributed by atoms with Crippen LogP contribution >= 0.6 is 11.6 Å². The summed E-state index contributed by atoms with van der Waals surface area (Å²) >= 11 is 6.10. The van der Waals surface area contributed by atoms with E-state index in [4.69, 9.17) is 16.3 Å². The second-order valence-corrected chi connectivity index (χ2v) is 5.39. The summed E-state index contributed by atoms with van der Waals surface area (Å²) in [7, 11) is 1.62. The lowest BCUT2D eigenvalue weighted by Crippen LogP contribution is -2.08. The average molecular weight is 316 g/mol. The normalized spacial score (nSPS) is 10.9. The maximum atomic E-state index is 12.0. The minimum absolute atomic E-state index is 0.242. The highest BCUT2D eigenvalue weighted by Crippen LogP contribution is 2.35. The molecule has 3 rings (SSSR count). The summed E-state index contributed by atoms with van der Waals surface area (Å²) in [6.45, 7) is 3.92. The van der Waals surface area contributed by atoms with Crippen molar-refractivity contribution in [3.05, 3.63) is 51.2 Å². The van der Waals surface area contributed by atoms with Crippen molar-refractivity contribution >= 4 is 22.5 Å². The second-order valence-electron chi connectivity index (χ2n) is 5.01. The van der Waals surface area contributed by atoms with E-state index >= 15 is 0 Å². The van der Waals surface area contributed by atoms with Crippen LogP contribution in [0.1, 0.15) is 11.1 Å². The van der Waals surface area contributed by atoms with Crippen LogP contribution in [-0.4, -0.2) is 22.1 Å². The van der Waals surface area contributed by atoms with Crippen molar-refractivity contribution in [1.29, 1.82) is 0 Å². The van der Waals surface area contributed by atoms with Crippen LogP contribution in [0, 0.1) is 13.8 Å². The van der Waals surface area contributed by atoms with E-state index in [2.05, 4.69) is 15.0 Å². The van der Waals surface area contributed by atoms with Gasteiger partial charge < -0.3 is 9.72 Å². The van der Waals surface area contributed by atoms with Gasteiger partial charge in [0.1, 0.15) is 16.4 Å². The third-order valence-electron chi connectivity index (χ3n) is 3.68. The van der Waals surface area contributed by atoms with E-state index in [0.29, 0.717) is 16.6 Å². The molecule has 3 aromatic rings. The lowest BCUT2D eigenvalue weighted by atomic mass is 9.97. The summed E-state index contributed by atoms with van der Waals surface area (Å²) in [5.41, 5.74) is 3.69. The minimum Gasteiger partial charge on any atom is -0.496 e. The van der Waals surface area contributed by atoms with Gasteiger partial charge in [0.2, 0.25) is 0 Å². The van der Waals surface area contributed by atoms with Gasteiger partial charge in [-0.05, 0) is 31.5 Å².